The van der Waals surface area contributed by atoms with Gasteiger partial charge < -0.3 is 0 Å². The van der Waals surface area contributed by atoms with E-state index in [0.717, 1.165) is 5.56 Å². The zero-order valence-corrected chi connectivity index (χ0v) is 11.0. The van der Waals surface area contributed by atoms with Gasteiger partial charge in [0.1, 0.15) is 0 Å². The molecule has 1 atom stereocenters. The third-order valence-corrected chi connectivity index (χ3v) is 3.15. The van der Waals surface area contributed by atoms with Crippen LogP contribution in [0.1, 0.15) is 18.4 Å². The molecule has 0 bridgehead atoms. The van der Waals surface area contributed by atoms with Crippen LogP contribution in [0, 0.1) is 5.92 Å². The Hall–Kier alpha value is -1.28. The minimum absolute atomic E-state index is 0.168. The van der Waals surface area contributed by atoms with Crippen molar-refractivity contribution >= 4 is 0 Å². The number of nitrogens with one attached hydrogen (secondary N) is 1. The third kappa shape index (κ3) is 5.55. The Morgan fingerprint density at radius 2 is 1.48 bits per heavy atom. The molecule has 0 fully saturated rings. The van der Waals surface area contributed by atoms with Gasteiger partial charge in [-0.25, -0.2) is 0 Å². The first-order valence-corrected chi connectivity index (χ1v) is 6.29. The molecule has 0 aliphatic rings. The maximum Gasteiger partial charge on any atom is 0.402 e. The summed E-state index contributed by atoms with van der Waals surface area (Å²) in [6.45, 7) is 0. The number of rotatable bonds is 6. The van der Waals surface area contributed by atoms with Gasteiger partial charge >= 0.3 is 12.4 Å². The molecule has 0 amide bonds. The molecule has 120 valence electrons. The lowest BCUT2D eigenvalue weighted by molar-refractivity contribution is -0.292. The summed E-state index contributed by atoms with van der Waals surface area (Å²) >= 11 is 0. The summed E-state index contributed by atoms with van der Waals surface area (Å²) in [5.74, 6) is 1.43. The average molecular weight is 314 g/mol. The first-order valence-electron chi connectivity index (χ1n) is 6.29. The van der Waals surface area contributed by atoms with Gasteiger partial charge in [0.05, 0.1) is 0 Å². The van der Waals surface area contributed by atoms with Crippen molar-refractivity contribution in [2.45, 2.75) is 37.7 Å². The van der Waals surface area contributed by atoms with E-state index in [1.165, 1.54) is 0 Å². The SMILES string of the molecule is NNC(CCCc1ccccc1)C(C(F)(F)F)C(F)(F)F. The summed E-state index contributed by atoms with van der Waals surface area (Å²) in [5.41, 5.74) is 2.51. The van der Waals surface area contributed by atoms with Crippen LogP contribution in [0.25, 0.3) is 0 Å². The largest absolute Gasteiger partial charge is 0.402 e. The molecule has 0 saturated heterocycles. The van der Waals surface area contributed by atoms with Crippen molar-refractivity contribution < 1.29 is 26.3 Å². The Morgan fingerprint density at radius 1 is 0.952 bits per heavy atom. The number of hydrazine groups is 1. The van der Waals surface area contributed by atoms with Gasteiger partial charge in [0.15, 0.2) is 5.92 Å². The third-order valence-electron chi connectivity index (χ3n) is 3.15. The number of hydrogen-bond acceptors (Lipinski definition) is 2. The minimum atomic E-state index is -5.39. The van der Waals surface area contributed by atoms with E-state index in [4.69, 9.17) is 5.84 Å². The van der Waals surface area contributed by atoms with Crippen LogP contribution >= 0.6 is 0 Å². The van der Waals surface area contributed by atoms with Crippen molar-refractivity contribution in [3.8, 4) is 0 Å². The summed E-state index contributed by atoms with van der Waals surface area (Å²) in [7, 11) is 0. The number of nitrogens with two attached hydrogens (primary N) is 1. The predicted octanol–water partition coefficient (Wildman–Crippen LogP) is 3.58. The maximum atomic E-state index is 12.6. The number of hydrogen-bond donors (Lipinski definition) is 2. The van der Waals surface area contributed by atoms with Crippen molar-refractivity contribution in [3.63, 3.8) is 0 Å². The monoisotopic (exact) mass is 314 g/mol. The van der Waals surface area contributed by atoms with Gasteiger partial charge in [0.25, 0.3) is 0 Å². The summed E-state index contributed by atoms with van der Waals surface area (Å²) in [6.07, 6.45) is -10.5. The van der Waals surface area contributed by atoms with E-state index in [-0.39, 0.29) is 12.8 Å². The molecule has 21 heavy (non-hydrogen) atoms. The van der Waals surface area contributed by atoms with Crippen molar-refractivity contribution in [3.05, 3.63) is 35.9 Å². The molecule has 8 heteroatoms. The lowest BCUT2D eigenvalue weighted by atomic mass is 9.93. The first-order chi connectivity index (χ1) is 9.66. The van der Waals surface area contributed by atoms with Crippen molar-refractivity contribution in [2.24, 2.45) is 11.8 Å². The lowest BCUT2D eigenvalue weighted by Gasteiger charge is -2.30. The average Bonchev–Trinajstić information content (AvgIpc) is 2.35. The molecule has 0 aliphatic carbocycles. The van der Waals surface area contributed by atoms with Gasteiger partial charge in [-0.15, -0.1) is 0 Å². The Morgan fingerprint density at radius 3 is 1.90 bits per heavy atom. The molecule has 1 aromatic carbocycles. The number of aryl methyl sites for hydroxylation is 1. The van der Waals surface area contributed by atoms with E-state index in [0.29, 0.717) is 6.42 Å². The molecule has 2 nitrogen and oxygen atoms in total. The Kier molecular flexibility index (Phi) is 6.03. The van der Waals surface area contributed by atoms with E-state index >= 15 is 0 Å². The van der Waals surface area contributed by atoms with Crippen LogP contribution in [-0.4, -0.2) is 18.4 Å². The van der Waals surface area contributed by atoms with E-state index in [1.807, 2.05) is 0 Å². The number of halogens is 6. The molecule has 1 rings (SSSR count). The molecular weight excluding hydrogens is 298 g/mol. The quantitative estimate of drug-likeness (QED) is 0.478. The molecule has 1 aromatic rings. The highest BCUT2D eigenvalue weighted by Gasteiger charge is 2.59. The smallest absolute Gasteiger partial charge is 0.271 e. The maximum absolute atomic E-state index is 12.6. The van der Waals surface area contributed by atoms with E-state index in [1.54, 1.807) is 35.8 Å². The summed E-state index contributed by atoms with van der Waals surface area (Å²) < 4.78 is 75.5. The molecule has 0 saturated carbocycles. The van der Waals surface area contributed by atoms with Gasteiger partial charge in [-0.2, -0.15) is 26.3 Å². The van der Waals surface area contributed by atoms with Crippen LogP contribution in [0.3, 0.4) is 0 Å². The predicted molar refractivity (Wildman–Crippen MR) is 66.1 cm³/mol. The molecule has 0 aliphatic heterocycles. The summed E-state index contributed by atoms with van der Waals surface area (Å²) in [4.78, 5) is 0. The normalized spacial score (nSPS) is 14.5. The highest BCUT2D eigenvalue weighted by molar-refractivity contribution is 5.14. The molecule has 0 radical (unpaired) electrons. The van der Waals surface area contributed by atoms with E-state index in [9.17, 15) is 26.3 Å². The number of alkyl halides is 6. The van der Waals surface area contributed by atoms with Gasteiger partial charge in [0.2, 0.25) is 0 Å². The Balaban J connectivity index is 2.68. The second-order valence-electron chi connectivity index (χ2n) is 4.71. The van der Waals surface area contributed by atoms with Gasteiger partial charge in [-0.1, -0.05) is 30.3 Å². The Labute approximate surface area is 118 Å². The summed E-state index contributed by atoms with van der Waals surface area (Å²) in [5, 5.41) is 0. The minimum Gasteiger partial charge on any atom is -0.271 e. The zero-order valence-electron chi connectivity index (χ0n) is 11.0. The fourth-order valence-corrected chi connectivity index (χ4v) is 2.16. The molecule has 0 aromatic heterocycles. The van der Waals surface area contributed by atoms with Crippen LogP contribution in [0.5, 0.6) is 0 Å². The van der Waals surface area contributed by atoms with Gasteiger partial charge in [-0.3, -0.25) is 11.3 Å². The van der Waals surface area contributed by atoms with Crippen LogP contribution in [-0.2, 0) is 6.42 Å². The van der Waals surface area contributed by atoms with Crippen molar-refractivity contribution in [1.29, 1.82) is 0 Å². The molecule has 0 heterocycles. The van der Waals surface area contributed by atoms with Gasteiger partial charge in [-0.05, 0) is 24.8 Å². The molecule has 0 spiro atoms. The van der Waals surface area contributed by atoms with Crippen LogP contribution in [0.2, 0.25) is 0 Å². The van der Waals surface area contributed by atoms with E-state index in [2.05, 4.69) is 0 Å². The lowest BCUT2D eigenvalue weighted by Crippen LogP contribution is -2.53. The van der Waals surface area contributed by atoms with Crippen molar-refractivity contribution in [2.75, 3.05) is 0 Å². The highest BCUT2D eigenvalue weighted by Crippen LogP contribution is 2.42. The standard InChI is InChI=1S/C13H16F6N2/c14-12(15,16)11(13(17,18)19)10(21-20)8-4-7-9-5-2-1-3-6-9/h1-3,5-6,10-11,21H,4,7-8,20H2. The first kappa shape index (κ1) is 17.8. The fourth-order valence-electron chi connectivity index (χ4n) is 2.16. The van der Waals surface area contributed by atoms with Crippen molar-refractivity contribution in [1.82, 2.24) is 5.43 Å². The Bertz CT molecular complexity index is 401. The van der Waals surface area contributed by atoms with Crippen LogP contribution < -0.4 is 11.3 Å². The highest BCUT2D eigenvalue weighted by atomic mass is 19.4. The molecule has 1 unspecified atom stereocenters. The topological polar surface area (TPSA) is 38.0 Å². The van der Waals surface area contributed by atoms with Crippen LogP contribution in [0.15, 0.2) is 30.3 Å². The second-order valence-corrected chi connectivity index (χ2v) is 4.71. The van der Waals surface area contributed by atoms with Crippen LogP contribution in [0.4, 0.5) is 26.3 Å². The van der Waals surface area contributed by atoms with E-state index < -0.39 is 24.3 Å². The summed E-state index contributed by atoms with van der Waals surface area (Å²) in [6, 6.07) is 6.90. The van der Waals surface area contributed by atoms with Gasteiger partial charge in [0, 0.05) is 6.04 Å². The molecule has 3 N–H and O–H groups in total. The number of benzene rings is 1. The second kappa shape index (κ2) is 7.13. The molecular formula is C13H16F6N2. The fraction of sp³-hybridized carbons (Fsp3) is 0.538. The zero-order chi connectivity index (χ0) is 16.1.